The van der Waals surface area contributed by atoms with Gasteiger partial charge in [0.1, 0.15) is 31.8 Å². The molecule has 1 aromatic carbocycles. The zero-order valence-corrected chi connectivity index (χ0v) is 20.0. The molecule has 0 spiro atoms. The van der Waals surface area contributed by atoms with Gasteiger partial charge < -0.3 is 5.32 Å². The maximum atomic E-state index is 12.9. The molecule has 2 aromatic heterocycles. The van der Waals surface area contributed by atoms with Crippen LogP contribution in [0.25, 0.3) is 11.7 Å². The molecule has 0 saturated carbocycles. The van der Waals surface area contributed by atoms with Gasteiger partial charge in [-0.2, -0.15) is 0 Å². The summed E-state index contributed by atoms with van der Waals surface area (Å²) in [5, 5.41) is 3.76. The molecule has 4 heterocycles. The molecule has 0 aliphatic carbocycles. The first-order valence-corrected chi connectivity index (χ1v) is 12.8. The first-order chi connectivity index (χ1) is 16.6. The van der Waals surface area contributed by atoms with Crippen LogP contribution in [-0.4, -0.2) is 52.0 Å². The molecule has 2 aliphatic rings. The van der Waals surface area contributed by atoms with Gasteiger partial charge in [0.2, 0.25) is 0 Å². The predicted molar refractivity (Wildman–Crippen MR) is 134 cm³/mol. The third-order valence-electron chi connectivity index (χ3n) is 6.58. The Hall–Kier alpha value is -3.10. The second-order valence-corrected chi connectivity index (χ2v) is 10.1. The number of hydrogen-bond acceptors (Lipinski definition) is 4. The molecule has 5 rings (SSSR count). The van der Waals surface area contributed by atoms with Crippen molar-refractivity contribution >= 4 is 35.3 Å². The van der Waals surface area contributed by atoms with Gasteiger partial charge in [0.05, 0.1) is 21.8 Å². The highest BCUT2D eigenvalue weighted by Gasteiger charge is 2.32. The lowest BCUT2D eigenvalue weighted by atomic mass is 10.1. The summed E-state index contributed by atoms with van der Waals surface area (Å²) in [6.07, 6.45) is 9.04. The fourth-order valence-corrected chi connectivity index (χ4v) is 5.90. The third-order valence-corrected chi connectivity index (χ3v) is 7.63. The van der Waals surface area contributed by atoms with Crippen LogP contribution in [0.4, 0.5) is 0 Å². The third kappa shape index (κ3) is 5.03. The molecule has 7 nitrogen and oxygen atoms in total. The molecule has 2 amide bonds. The standard InChI is InChI=1S/C26H29N5O2S/c32-24(29-31(14-5-2-6-15-31)16-8-11-20-9-3-1-4-10-20)19-28-26(33)22-17-21-18-27-23-12-7-13-25(34-22)30(21)23/h1,3-4,7,9-10,12-13,17-18H,2,5-6,8,11,14-16,19H2,(H-,28,29,32,33)/p+1. The predicted octanol–water partition coefficient (Wildman–Crippen LogP) is 3.56. The Morgan fingerprint density at radius 2 is 1.85 bits per heavy atom. The number of nitrogens with zero attached hydrogens (tertiary/aromatic N) is 3. The van der Waals surface area contributed by atoms with Gasteiger partial charge in [-0.3, -0.25) is 14.0 Å². The van der Waals surface area contributed by atoms with E-state index in [1.807, 2.05) is 34.7 Å². The van der Waals surface area contributed by atoms with E-state index in [1.165, 1.54) is 23.7 Å². The van der Waals surface area contributed by atoms with Crippen molar-refractivity contribution in [3.63, 3.8) is 0 Å². The van der Waals surface area contributed by atoms with E-state index < -0.39 is 0 Å². The zero-order chi connectivity index (χ0) is 23.4. The van der Waals surface area contributed by atoms with E-state index in [1.54, 1.807) is 6.20 Å². The largest absolute Gasteiger partial charge is 0.342 e. The zero-order valence-electron chi connectivity index (χ0n) is 19.2. The number of imidazole rings is 1. The molecule has 176 valence electrons. The van der Waals surface area contributed by atoms with Crippen LogP contribution in [-0.2, 0) is 16.0 Å². The Kier molecular flexibility index (Phi) is 6.69. The molecule has 34 heavy (non-hydrogen) atoms. The highest BCUT2D eigenvalue weighted by Crippen LogP contribution is 2.34. The van der Waals surface area contributed by atoms with Crippen molar-refractivity contribution in [2.45, 2.75) is 37.1 Å². The molecule has 1 saturated heterocycles. The number of amides is 2. The van der Waals surface area contributed by atoms with Gasteiger partial charge in [-0.15, -0.1) is 0 Å². The maximum Gasteiger partial charge on any atom is 0.284 e. The van der Waals surface area contributed by atoms with Crippen LogP contribution in [0.1, 0.15) is 36.9 Å². The number of hydrogen-bond donors (Lipinski definition) is 2. The number of pyridine rings is 1. The van der Waals surface area contributed by atoms with Crippen LogP contribution in [0, 0.1) is 0 Å². The molecule has 8 heteroatoms. The van der Waals surface area contributed by atoms with E-state index in [0.717, 1.165) is 61.7 Å². The van der Waals surface area contributed by atoms with E-state index in [2.05, 4.69) is 40.0 Å². The molecule has 3 aromatic rings. The first kappa shape index (κ1) is 22.7. The second kappa shape index (κ2) is 10.0. The lowest BCUT2D eigenvalue weighted by Crippen LogP contribution is -2.64. The van der Waals surface area contributed by atoms with E-state index in [0.29, 0.717) is 9.50 Å². The summed E-state index contributed by atoms with van der Waals surface area (Å²) in [7, 11) is 0. The van der Waals surface area contributed by atoms with Gasteiger partial charge in [-0.25, -0.2) is 15.0 Å². The Bertz CT molecular complexity index is 1210. The number of piperidine rings is 1. The Morgan fingerprint density at radius 3 is 2.68 bits per heavy atom. The van der Waals surface area contributed by atoms with E-state index in [9.17, 15) is 9.59 Å². The van der Waals surface area contributed by atoms with Crippen molar-refractivity contribution < 1.29 is 14.2 Å². The number of aromatic nitrogens is 2. The summed E-state index contributed by atoms with van der Waals surface area (Å²) in [4.78, 5) is 30.7. The minimum atomic E-state index is -0.237. The topological polar surface area (TPSA) is 75.5 Å². The van der Waals surface area contributed by atoms with Crippen LogP contribution in [0.3, 0.4) is 0 Å². The monoisotopic (exact) mass is 476 g/mol. The minimum absolute atomic E-state index is 0.0289. The summed E-state index contributed by atoms with van der Waals surface area (Å²) >= 11 is 1.39. The average molecular weight is 477 g/mol. The number of thioether (sulfide) groups is 1. The quantitative estimate of drug-likeness (QED) is 0.488. The van der Waals surface area contributed by atoms with Gasteiger partial charge in [0.25, 0.3) is 11.8 Å². The lowest BCUT2D eigenvalue weighted by molar-refractivity contribution is -0.965. The van der Waals surface area contributed by atoms with Crippen molar-refractivity contribution in [2.24, 2.45) is 0 Å². The van der Waals surface area contributed by atoms with Crippen LogP contribution in [0.15, 0.2) is 64.7 Å². The summed E-state index contributed by atoms with van der Waals surface area (Å²) in [5.74, 6) is -0.373. The number of nitrogens with one attached hydrogen (secondary N) is 2. The van der Waals surface area contributed by atoms with Gasteiger partial charge in [-0.05, 0) is 49.5 Å². The van der Waals surface area contributed by atoms with Gasteiger partial charge in [-0.1, -0.05) is 48.2 Å². The molecule has 1 fully saturated rings. The lowest BCUT2D eigenvalue weighted by Gasteiger charge is -2.40. The van der Waals surface area contributed by atoms with Gasteiger partial charge >= 0.3 is 0 Å². The Labute approximate surface area is 203 Å². The van der Waals surface area contributed by atoms with Crippen molar-refractivity contribution in [3.8, 4) is 0 Å². The van der Waals surface area contributed by atoms with Crippen molar-refractivity contribution in [1.82, 2.24) is 20.1 Å². The number of carbonyl (C=O) groups is 2. The van der Waals surface area contributed by atoms with Crippen LogP contribution >= 0.6 is 11.8 Å². The van der Waals surface area contributed by atoms with Crippen LogP contribution < -0.4 is 10.7 Å². The number of likely N-dealkylation sites (tertiary alicyclic amines) is 1. The summed E-state index contributed by atoms with van der Waals surface area (Å²) in [6, 6.07) is 16.3. The second-order valence-electron chi connectivity index (χ2n) is 9.03. The van der Waals surface area contributed by atoms with E-state index >= 15 is 0 Å². The molecule has 0 radical (unpaired) electrons. The van der Waals surface area contributed by atoms with Gasteiger partial charge in [0.15, 0.2) is 0 Å². The van der Waals surface area contributed by atoms with E-state index in [-0.39, 0.29) is 18.4 Å². The van der Waals surface area contributed by atoms with Crippen molar-refractivity contribution in [1.29, 1.82) is 0 Å². The molecular weight excluding hydrogens is 446 g/mol. The maximum absolute atomic E-state index is 12.9. The molecule has 0 bridgehead atoms. The minimum Gasteiger partial charge on any atom is -0.342 e. The number of rotatable bonds is 8. The van der Waals surface area contributed by atoms with Crippen LogP contribution in [0.2, 0.25) is 0 Å². The summed E-state index contributed by atoms with van der Waals surface area (Å²) in [5.41, 5.74) is 6.30. The molecule has 2 N–H and O–H groups in total. The Balaban J connectivity index is 1.17. The first-order valence-electron chi connectivity index (χ1n) is 12.0. The van der Waals surface area contributed by atoms with Crippen molar-refractivity contribution in [3.05, 3.63) is 70.9 Å². The highest BCUT2D eigenvalue weighted by atomic mass is 32.2. The molecular formula is C26H30N5O2S+. The van der Waals surface area contributed by atoms with Crippen molar-refractivity contribution in [2.75, 3.05) is 26.2 Å². The number of carbonyl (C=O) groups excluding carboxylic acids is 2. The fraction of sp³-hybridized carbons (Fsp3) is 0.346. The van der Waals surface area contributed by atoms with E-state index in [4.69, 9.17) is 0 Å². The average Bonchev–Trinajstić information content (AvgIpc) is 3.28. The summed E-state index contributed by atoms with van der Waals surface area (Å²) in [6.45, 7) is 2.77. The Morgan fingerprint density at radius 1 is 1.03 bits per heavy atom. The smallest absolute Gasteiger partial charge is 0.284 e. The highest BCUT2D eigenvalue weighted by molar-refractivity contribution is 8.04. The number of quaternary nitrogens is 1. The summed E-state index contributed by atoms with van der Waals surface area (Å²) < 4.78 is 2.63. The van der Waals surface area contributed by atoms with Gasteiger partial charge in [0, 0.05) is 6.42 Å². The SMILES string of the molecule is O=C(CNC(=O)C1=Cc2cnc3cccc(n23)S1)N[N+]1(CCCc2ccccc2)CCCCC1. The fourth-order valence-electron chi connectivity index (χ4n) is 4.89. The number of aryl methyl sites for hydroxylation is 1. The molecule has 0 unspecified atom stereocenters. The normalized spacial score (nSPS) is 16.6. The molecule has 2 aliphatic heterocycles. The number of benzene rings is 1. The molecule has 0 atom stereocenters. The van der Waals surface area contributed by atoms with Crippen LogP contribution in [0.5, 0.6) is 0 Å².